The lowest BCUT2D eigenvalue weighted by atomic mass is 9.97. The monoisotopic (exact) mass is 226 g/mol. The fraction of sp³-hybridized carbons (Fsp3) is 0.636. The lowest BCUT2D eigenvalue weighted by Crippen LogP contribution is -2.35. The summed E-state index contributed by atoms with van der Waals surface area (Å²) in [6, 6.07) is 0. The first-order valence-electron chi connectivity index (χ1n) is 5.31. The number of aromatic amines is 1. The third kappa shape index (κ3) is 2.53. The predicted octanol–water partition coefficient (Wildman–Crippen LogP) is 0.851. The largest absolute Gasteiger partial charge is 0.494 e. The lowest BCUT2D eigenvalue weighted by molar-refractivity contribution is 0.298. The standard InChI is InChI=1S/C11H18N2O3/c1-5-7-8(14)12-10(16)13(9(7)15)6-11(2,3)4/h15H,5-6H2,1-4H3,(H,12,14,16). The molecule has 0 aliphatic heterocycles. The molecule has 1 aromatic heterocycles. The number of rotatable bonds is 2. The number of nitrogens with zero attached hydrogens (tertiary/aromatic N) is 1. The Hall–Kier alpha value is -1.52. The Labute approximate surface area is 93.8 Å². The topological polar surface area (TPSA) is 75.1 Å². The third-order valence-corrected chi connectivity index (χ3v) is 2.25. The van der Waals surface area contributed by atoms with Gasteiger partial charge >= 0.3 is 5.69 Å². The van der Waals surface area contributed by atoms with Crippen LogP contribution in [0, 0.1) is 5.41 Å². The summed E-state index contributed by atoms with van der Waals surface area (Å²) in [5.74, 6) is -0.217. The van der Waals surface area contributed by atoms with Gasteiger partial charge in [-0.2, -0.15) is 0 Å². The summed E-state index contributed by atoms with van der Waals surface area (Å²) in [5, 5.41) is 9.86. The molecule has 0 radical (unpaired) electrons. The molecule has 0 saturated carbocycles. The van der Waals surface area contributed by atoms with Crippen molar-refractivity contribution in [1.29, 1.82) is 0 Å². The van der Waals surface area contributed by atoms with Crippen LogP contribution in [0.3, 0.4) is 0 Å². The van der Waals surface area contributed by atoms with Gasteiger partial charge in [-0.25, -0.2) is 4.79 Å². The first-order chi connectivity index (χ1) is 7.26. The molecule has 1 aromatic rings. The Morgan fingerprint density at radius 2 is 1.88 bits per heavy atom. The molecule has 1 heterocycles. The van der Waals surface area contributed by atoms with Crippen LogP contribution in [-0.2, 0) is 13.0 Å². The van der Waals surface area contributed by atoms with Crippen molar-refractivity contribution in [2.45, 2.75) is 40.7 Å². The summed E-state index contributed by atoms with van der Waals surface area (Å²) in [6.45, 7) is 7.98. The van der Waals surface area contributed by atoms with Crippen LogP contribution in [0.2, 0.25) is 0 Å². The van der Waals surface area contributed by atoms with Crippen molar-refractivity contribution >= 4 is 0 Å². The normalized spacial score (nSPS) is 11.8. The number of aromatic nitrogens is 2. The van der Waals surface area contributed by atoms with Gasteiger partial charge in [0.05, 0.1) is 5.56 Å². The minimum Gasteiger partial charge on any atom is -0.494 e. The molecular weight excluding hydrogens is 208 g/mol. The van der Waals surface area contributed by atoms with E-state index in [0.29, 0.717) is 13.0 Å². The summed E-state index contributed by atoms with van der Waals surface area (Å²) in [4.78, 5) is 25.1. The van der Waals surface area contributed by atoms with Gasteiger partial charge in [-0.1, -0.05) is 27.7 Å². The molecule has 16 heavy (non-hydrogen) atoms. The number of aromatic hydroxyl groups is 1. The summed E-state index contributed by atoms with van der Waals surface area (Å²) in [7, 11) is 0. The zero-order valence-corrected chi connectivity index (χ0v) is 10.1. The van der Waals surface area contributed by atoms with Crippen molar-refractivity contribution in [3.63, 3.8) is 0 Å². The minimum absolute atomic E-state index is 0.148. The molecule has 0 aliphatic carbocycles. The molecule has 5 nitrogen and oxygen atoms in total. The van der Waals surface area contributed by atoms with Crippen LogP contribution in [-0.4, -0.2) is 14.7 Å². The molecule has 0 aromatic carbocycles. The van der Waals surface area contributed by atoms with Gasteiger partial charge in [0.1, 0.15) is 0 Å². The fourth-order valence-corrected chi connectivity index (χ4v) is 1.54. The number of H-pyrrole nitrogens is 1. The molecule has 0 unspecified atom stereocenters. The fourth-order valence-electron chi connectivity index (χ4n) is 1.54. The van der Waals surface area contributed by atoms with Crippen molar-refractivity contribution in [3.8, 4) is 5.88 Å². The predicted molar refractivity (Wildman–Crippen MR) is 61.8 cm³/mol. The first-order valence-corrected chi connectivity index (χ1v) is 5.31. The molecule has 5 heteroatoms. The maximum absolute atomic E-state index is 11.6. The Bertz CT molecular complexity index is 491. The van der Waals surface area contributed by atoms with Gasteiger partial charge in [0, 0.05) is 6.54 Å². The van der Waals surface area contributed by atoms with Gasteiger partial charge in [-0.05, 0) is 11.8 Å². The average molecular weight is 226 g/mol. The molecule has 0 fully saturated rings. The molecule has 0 amide bonds. The van der Waals surface area contributed by atoms with E-state index in [0.717, 1.165) is 0 Å². The second-order valence-corrected chi connectivity index (χ2v) is 5.06. The van der Waals surface area contributed by atoms with E-state index in [4.69, 9.17) is 0 Å². The minimum atomic E-state index is -0.561. The Balaban J connectivity index is 3.41. The highest BCUT2D eigenvalue weighted by molar-refractivity contribution is 5.22. The molecule has 0 aliphatic rings. The van der Waals surface area contributed by atoms with Crippen molar-refractivity contribution in [2.75, 3.05) is 0 Å². The number of nitrogens with one attached hydrogen (secondary N) is 1. The van der Waals surface area contributed by atoms with Gasteiger partial charge in [0.25, 0.3) is 5.56 Å². The van der Waals surface area contributed by atoms with Gasteiger partial charge in [-0.15, -0.1) is 0 Å². The Morgan fingerprint density at radius 1 is 1.31 bits per heavy atom. The quantitative estimate of drug-likeness (QED) is 0.785. The van der Waals surface area contributed by atoms with E-state index < -0.39 is 11.2 Å². The molecule has 0 bridgehead atoms. The summed E-state index contributed by atoms with van der Waals surface area (Å²) in [5.41, 5.74) is -0.960. The summed E-state index contributed by atoms with van der Waals surface area (Å²) < 4.78 is 1.21. The summed E-state index contributed by atoms with van der Waals surface area (Å²) >= 11 is 0. The van der Waals surface area contributed by atoms with E-state index in [9.17, 15) is 14.7 Å². The van der Waals surface area contributed by atoms with E-state index in [1.54, 1.807) is 6.92 Å². The van der Waals surface area contributed by atoms with Gasteiger partial charge in [-0.3, -0.25) is 14.3 Å². The third-order valence-electron chi connectivity index (χ3n) is 2.25. The van der Waals surface area contributed by atoms with Gasteiger partial charge in [0.15, 0.2) is 0 Å². The molecular formula is C11H18N2O3. The number of hydrogen-bond acceptors (Lipinski definition) is 3. The van der Waals surface area contributed by atoms with Crippen LogP contribution >= 0.6 is 0 Å². The highest BCUT2D eigenvalue weighted by Crippen LogP contribution is 2.19. The van der Waals surface area contributed by atoms with Gasteiger partial charge in [0.2, 0.25) is 5.88 Å². The van der Waals surface area contributed by atoms with E-state index in [2.05, 4.69) is 4.98 Å². The molecule has 0 spiro atoms. The maximum Gasteiger partial charge on any atom is 0.331 e. The second kappa shape index (κ2) is 4.15. The SMILES string of the molecule is CCc1c(O)n(CC(C)(C)C)c(=O)[nH]c1=O. The van der Waals surface area contributed by atoms with Crippen LogP contribution in [0.1, 0.15) is 33.3 Å². The van der Waals surface area contributed by atoms with Gasteiger partial charge < -0.3 is 5.11 Å². The number of hydrogen-bond donors (Lipinski definition) is 2. The average Bonchev–Trinajstić information content (AvgIpc) is 2.11. The highest BCUT2D eigenvalue weighted by atomic mass is 16.3. The Kier molecular flexibility index (Phi) is 3.26. The van der Waals surface area contributed by atoms with E-state index >= 15 is 0 Å². The lowest BCUT2D eigenvalue weighted by Gasteiger charge is -2.20. The molecule has 0 atom stereocenters. The van der Waals surface area contributed by atoms with Crippen LogP contribution in [0.5, 0.6) is 5.88 Å². The second-order valence-electron chi connectivity index (χ2n) is 5.06. The molecule has 2 N–H and O–H groups in total. The molecule has 1 rings (SSSR count). The Morgan fingerprint density at radius 3 is 2.31 bits per heavy atom. The zero-order chi connectivity index (χ0) is 12.5. The summed E-state index contributed by atoms with van der Waals surface area (Å²) in [6.07, 6.45) is 0.394. The smallest absolute Gasteiger partial charge is 0.331 e. The van der Waals surface area contributed by atoms with Crippen molar-refractivity contribution in [1.82, 2.24) is 9.55 Å². The maximum atomic E-state index is 11.6. The first kappa shape index (κ1) is 12.5. The molecule has 0 saturated heterocycles. The van der Waals surface area contributed by atoms with E-state index in [1.165, 1.54) is 4.57 Å². The van der Waals surface area contributed by atoms with Crippen LogP contribution < -0.4 is 11.2 Å². The van der Waals surface area contributed by atoms with Crippen LogP contribution in [0.15, 0.2) is 9.59 Å². The van der Waals surface area contributed by atoms with Crippen molar-refractivity contribution in [3.05, 3.63) is 26.4 Å². The van der Waals surface area contributed by atoms with Crippen LogP contribution in [0.4, 0.5) is 0 Å². The van der Waals surface area contributed by atoms with E-state index in [-0.39, 0.29) is 16.9 Å². The molecule has 90 valence electrons. The van der Waals surface area contributed by atoms with Crippen molar-refractivity contribution in [2.24, 2.45) is 5.41 Å². The van der Waals surface area contributed by atoms with Crippen molar-refractivity contribution < 1.29 is 5.11 Å². The zero-order valence-electron chi connectivity index (χ0n) is 10.1. The highest BCUT2D eigenvalue weighted by Gasteiger charge is 2.18. The van der Waals surface area contributed by atoms with Crippen LogP contribution in [0.25, 0.3) is 0 Å². The van der Waals surface area contributed by atoms with E-state index in [1.807, 2.05) is 20.8 Å².